The van der Waals surface area contributed by atoms with Crippen molar-refractivity contribution in [3.8, 4) is 5.75 Å². The number of aromatic nitrogens is 2. The molecule has 27 heavy (non-hydrogen) atoms. The van der Waals surface area contributed by atoms with Crippen LogP contribution in [0.25, 0.3) is 0 Å². The summed E-state index contributed by atoms with van der Waals surface area (Å²) >= 11 is 2.90. The van der Waals surface area contributed by atoms with E-state index in [1.54, 1.807) is 0 Å². The van der Waals surface area contributed by atoms with Gasteiger partial charge in [-0.3, -0.25) is 4.79 Å². The van der Waals surface area contributed by atoms with Crippen LogP contribution in [0.3, 0.4) is 0 Å². The van der Waals surface area contributed by atoms with Crippen molar-refractivity contribution in [1.29, 1.82) is 0 Å². The molecule has 0 spiro atoms. The molecular weight excluding hydrogens is 380 g/mol. The van der Waals surface area contributed by atoms with Gasteiger partial charge in [-0.15, -0.1) is 10.2 Å². The molecule has 1 saturated heterocycles. The monoisotopic (exact) mass is 406 g/mol. The predicted octanol–water partition coefficient (Wildman–Crippen LogP) is 4.28. The Morgan fingerprint density at radius 2 is 2.04 bits per heavy atom. The maximum Gasteiger partial charge on any atom is 0.233 e. The van der Waals surface area contributed by atoms with E-state index in [2.05, 4.69) is 29.4 Å². The quantitative estimate of drug-likeness (QED) is 0.693. The Morgan fingerprint density at radius 1 is 1.30 bits per heavy atom. The Morgan fingerprint density at radius 3 is 2.78 bits per heavy atom. The number of rotatable bonds is 7. The van der Waals surface area contributed by atoms with E-state index in [4.69, 9.17) is 4.74 Å². The first-order valence-corrected chi connectivity index (χ1v) is 11.1. The van der Waals surface area contributed by atoms with E-state index in [1.165, 1.54) is 29.5 Å². The molecule has 146 valence electrons. The van der Waals surface area contributed by atoms with E-state index in [-0.39, 0.29) is 5.91 Å². The molecule has 1 N–H and O–H groups in total. The molecule has 2 atom stereocenters. The predicted molar refractivity (Wildman–Crippen MR) is 111 cm³/mol. The summed E-state index contributed by atoms with van der Waals surface area (Å²) in [7, 11) is 0. The summed E-state index contributed by atoms with van der Waals surface area (Å²) in [6, 6.07) is 7.75. The molecule has 6 nitrogen and oxygen atoms in total. The molecular formula is C19H26N4O2S2. The first-order valence-electron chi connectivity index (χ1n) is 9.28. The van der Waals surface area contributed by atoms with Gasteiger partial charge in [0.05, 0.1) is 18.0 Å². The van der Waals surface area contributed by atoms with Gasteiger partial charge in [0.25, 0.3) is 0 Å². The number of hydrogen-bond donors (Lipinski definition) is 1. The third-order valence-corrected chi connectivity index (χ3v) is 6.33. The van der Waals surface area contributed by atoms with E-state index in [0.29, 0.717) is 29.3 Å². The van der Waals surface area contributed by atoms with Gasteiger partial charge in [-0.05, 0) is 37.3 Å². The zero-order valence-corrected chi connectivity index (χ0v) is 17.6. The number of ether oxygens (including phenoxy) is 1. The third-order valence-electron chi connectivity index (χ3n) is 4.38. The minimum absolute atomic E-state index is 0.185. The summed E-state index contributed by atoms with van der Waals surface area (Å²) in [4.78, 5) is 14.5. The first-order chi connectivity index (χ1) is 13.0. The number of anilines is 2. The summed E-state index contributed by atoms with van der Waals surface area (Å²) < 4.78 is 6.41. The second-order valence-corrected chi connectivity index (χ2v) is 9.16. The van der Waals surface area contributed by atoms with Crippen LogP contribution in [0, 0.1) is 11.8 Å². The molecule has 1 amide bonds. The van der Waals surface area contributed by atoms with Crippen LogP contribution >= 0.6 is 23.1 Å². The number of carbonyl (C=O) groups excluding carboxylic acids is 1. The second kappa shape index (κ2) is 9.41. The van der Waals surface area contributed by atoms with Gasteiger partial charge in [0.2, 0.25) is 11.0 Å². The van der Waals surface area contributed by atoms with Crippen molar-refractivity contribution in [2.45, 2.75) is 31.5 Å². The van der Waals surface area contributed by atoms with Crippen LogP contribution in [0.2, 0.25) is 0 Å². The maximum atomic E-state index is 12.5. The van der Waals surface area contributed by atoms with Gasteiger partial charge in [0, 0.05) is 13.1 Å². The van der Waals surface area contributed by atoms with E-state index >= 15 is 0 Å². The zero-order chi connectivity index (χ0) is 19.2. The van der Waals surface area contributed by atoms with Gasteiger partial charge in [-0.2, -0.15) is 0 Å². The van der Waals surface area contributed by atoms with Crippen molar-refractivity contribution in [3.05, 3.63) is 24.3 Å². The number of nitrogens with zero attached hydrogens (tertiary/aromatic N) is 3. The standard InChI is InChI=1S/C19H26N4O2S2/c1-4-25-16-8-6-5-7-15(16)20-18-21-22-19(27-18)26-12-17(24)23-10-13(2)9-14(3)11-23/h5-8,13-14H,4,9-12H2,1-3H3,(H,20,21)/t13-,14+. The van der Waals surface area contributed by atoms with Crippen molar-refractivity contribution in [2.75, 3.05) is 30.8 Å². The van der Waals surface area contributed by atoms with Gasteiger partial charge >= 0.3 is 0 Å². The summed E-state index contributed by atoms with van der Waals surface area (Å²) in [6.45, 7) is 8.71. The van der Waals surface area contributed by atoms with E-state index < -0.39 is 0 Å². The Hall–Kier alpha value is -1.80. The van der Waals surface area contributed by atoms with E-state index in [0.717, 1.165) is 28.9 Å². The number of carbonyl (C=O) groups is 1. The van der Waals surface area contributed by atoms with Crippen LogP contribution in [-0.4, -0.2) is 46.5 Å². The number of amides is 1. The molecule has 2 aromatic rings. The third kappa shape index (κ3) is 5.59. The van der Waals surface area contributed by atoms with Crippen molar-refractivity contribution < 1.29 is 9.53 Å². The highest BCUT2D eigenvalue weighted by Gasteiger charge is 2.25. The van der Waals surface area contributed by atoms with Gasteiger partial charge in [0.15, 0.2) is 4.34 Å². The van der Waals surface area contributed by atoms with Crippen LogP contribution in [0.15, 0.2) is 28.6 Å². The van der Waals surface area contributed by atoms with Crippen molar-refractivity contribution >= 4 is 39.8 Å². The SMILES string of the molecule is CCOc1ccccc1Nc1nnc(SCC(=O)N2C[C@H](C)C[C@H](C)C2)s1. The number of nitrogens with one attached hydrogen (secondary N) is 1. The fourth-order valence-corrected chi connectivity index (χ4v) is 5.03. The minimum Gasteiger partial charge on any atom is -0.492 e. The molecule has 0 unspecified atom stereocenters. The molecule has 0 aliphatic carbocycles. The smallest absolute Gasteiger partial charge is 0.233 e. The highest BCUT2D eigenvalue weighted by Crippen LogP contribution is 2.32. The maximum absolute atomic E-state index is 12.5. The lowest BCUT2D eigenvalue weighted by Crippen LogP contribution is -2.43. The minimum atomic E-state index is 0.185. The largest absolute Gasteiger partial charge is 0.492 e. The van der Waals surface area contributed by atoms with Crippen LogP contribution in [-0.2, 0) is 4.79 Å². The highest BCUT2D eigenvalue weighted by atomic mass is 32.2. The number of thioether (sulfide) groups is 1. The highest BCUT2D eigenvalue weighted by molar-refractivity contribution is 8.01. The van der Waals surface area contributed by atoms with Gasteiger partial charge < -0.3 is 15.0 Å². The van der Waals surface area contributed by atoms with Gasteiger partial charge in [0.1, 0.15) is 5.75 Å². The van der Waals surface area contributed by atoms with Crippen LogP contribution in [0.4, 0.5) is 10.8 Å². The zero-order valence-electron chi connectivity index (χ0n) is 16.0. The molecule has 0 bridgehead atoms. The summed E-state index contributed by atoms with van der Waals surface area (Å²) in [5, 5.41) is 12.3. The summed E-state index contributed by atoms with van der Waals surface area (Å²) in [5.41, 5.74) is 0.861. The molecule has 3 rings (SSSR count). The first kappa shape index (κ1) is 19.9. The lowest BCUT2D eigenvalue weighted by molar-refractivity contribution is -0.130. The topological polar surface area (TPSA) is 67.3 Å². The Kier molecular flexibility index (Phi) is 6.95. The molecule has 0 radical (unpaired) electrons. The Bertz CT molecular complexity index is 758. The van der Waals surface area contributed by atoms with E-state index in [9.17, 15) is 4.79 Å². The number of benzene rings is 1. The number of likely N-dealkylation sites (tertiary alicyclic amines) is 1. The normalized spacial score (nSPS) is 19.7. The van der Waals surface area contributed by atoms with Crippen LogP contribution < -0.4 is 10.1 Å². The second-order valence-electron chi connectivity index (χ2n) is 6.96. The summed E-state index contributed by atoms with van der Waals surface area (Å²) in [5.74, 6) is 2.53. The van der Waals surface area contributed by atoms with Crippen molar-refractivity contribution in [2.24, 2.45) is 11.8 Å². The fourth-order valence-electron chi connectivity index (χ4n) is 3.37. The average Bonchev–Trinajstić information content (AvgIpc) is 3.08. The molecule has 1 aromatic carbocycles. The van der Waals surface area contributed by atoms with Crippen LogP contribution in [0.1, 0.15) is 27.2 Å². The lowest BCUT2D eigenvalue weighted by atomic mass is 9.92. The Balaban J connectivity index is 1.55. The molecule has 8 heteroatoms. The molecule has 1 aliphatic rings. The van der Waals surface area contributed by atoms with E-state index in [1.807, 2.05) is 36.1 Å². The molecule has 1 aromatic heterocycles. The van der Waals surface area contributed by atoms with Crippen LogP contribution in [0.5, 0.6) is 5.75 Å². The summed E-state index contributed by atoms with van der Waals surface area (Å²) in [6.07, 6.45) is 1.20. The molecule has 1 fully saturated rings. The average molecular weight is 407 g/mol. The van der Waals surface area contributed by atoms with Crippen molar-refractivity contribution in [1.82, 2.24) is 15.1 Å². The molecule has 1 aliphatic heterocycles. The lowest BCUT2D eigenvalue weighted by Gasteiger charge is -2.34. The number of hydrogen-bond acceptors (Lipinski definition) is 7. The molecule has 0 saturated carbocycles. The van der Waals surface area contributed by atoms with Gasteiger partial charge in [-0.1, -0.05) is 49.1 Å². The Labute approximate surface area is 168 Å². The van der Waals surface area contributed by atoms with Crippen molar-refractivity contribution in [3.63, 3.8) is 0 Å². The fraction of sp³-hybridized carbons (Fsp3) is 0.526. The molecule has 2 heterocycles. The number of piperidine rings is 1. The van der Waals surface area contributed by atoms with Gasteiger partial charge in [-0.25, -0.2) is 0 Å². The number of para-hydroxylation sites is 2.